The van der Waals surface area contributed by atoms with Crippen molar-refractivity contribution < 1.29 is 48.3 Å². The Hall–Kier alpha value is -0.913. The molecule has 0 aromatic carbocycles. The van der Waals surface area contributed by atoms with Gasteiger partial charge in [-0.05, 0) is 27.2 Å². The summed E-state index contributed by atoms with van der Waals surface area (Å²) >= 11 is 0. The molecule has 30 heavy (non-hydrogen) atoms. The molecular formula is C15H32N2O10S2Si. The van der Waals surface area contributed by atoms with Crippen LogP contribution < -0.4 is 4.57 Å². The zero-order valence-electron chi connectivity index (χ0n) is 17.4. The second-order valence-electron chi connectivity index (χ2n) is 6.00. The third-order valence-corrected chi connectivity index (χ3v) is 7.60. The maximum absolute atomic E-state index is 10.8. The molecule has 15 heteroatoms. The summed E-state index contributed by atoms with van der Waals surface area (Å²) in [6, 6.07) is 0.729. The van der Waals surface area contributed by atoms with Gasteiger partial charge in [-0.1, -0.05) is 0 Å². The van der Waals surface area contributed by atoms with Crippen molar-refractivity contribution in [2.24, 2.45) is 0 Å². The highest BCUT2D eigenvalue weighted by Crippen LogP contribution is 2.19. The second-order valence-corrected chi connectivity index (χ2v) is 11.2. The number of aromatic amines is 1. The number of hydrogen-bond donors (Lipinski definition) is 3. The zero-order chi connectivity index (χ0) is 23.3. The monoisotopic (exact) mass is 492 g/mol. The number of aromatic nitrogens is 2. The lowest BCUT2D eigenvalue weighted by Crippen LogP contribution is -2.46. The van der Waals surface area contributed by atoms with E-state index in [-0.39, 0.29) is 5.75 Å². The Kier molecular flexibility index (Phi) is 13.8. The maximum atomic E-state index is 10.8. The van der Waals surface area contributed by atoms with Gasteiger partial charge in [0, 0.05) is 38.7 Å². The third-order valence-electron chi connectivity index (χ3n) is 3.64. The molecule has 1 aromatic heterocycles. The Morgan fingerprint density at radius 1 is 1.03 bits per heavy atom. The van der Waals surface area contributed by atoms with Crippen molar-refractivity contribution in [3.05, 3.63) is 18.2 Å². The van der Waals surface area contributed by atoms with Gasteiger partial charge in [0.2, 0.25) is 10.4 Å². The first-order valence-electron chi connectivity index (χ1n) is 9.46. The van der Waals surface area contributed by atoms with Gasteiger partial charge >= 0.3 is 8.80 Å². The molecule has 1 rings (SSSR count). The summed E-state index contributed by atoms with van der Waals surface area (Å²) < 4.78 is 82.8. The van der Waals surface area contributed by atoms with Crippen LogP contribution in [0, 0.1) is 0 Å². The molecule has 0 spiro atoms. The van der Waals surface area contributed by atoms with Crippen molar-refractivity contribution >= 4 is 29.3 Å². The van der Waals surface area contributed by atoms with Crippen LogP contribution in [0.3, 0.4) is 0 Å². The lowest BCUT2D eigenvalue weighted by Gasteiger charge is -2.28. The van der Waals surface area contributed by atoms with E-state index in [4.69, 9.17) is 35.4 Å². The van der Waals surface area contributed by atoms with E-state index in [1.807, 2.05) is 37.7 Å². The summed E-state index contributed by atoms with van der Waals surface area (Å²) in [7, 11) is -11.5. The summed E-state index contributed by atoms with van der Waals surface area (Å²) in [5.74, 6) is 0.766. The van der Waals surface area contributed by atoms with Gasteiger partial charge in [-0.15, -0.1) is 0 Å². The molecule has 0 aliphatic heterocycles. The Morgan fingerprint density at radius 2 is 1.53 bits per heavy atom. The molecule has 12 nitrogen and oxygen atoms in total. The number of imidazole rings is 1. The fourth-order valence-electron chi connectivity index (χ4n) is 2.71. The molecular weight excluding hydrogens is 460 g/mol. The van der Waals surface area contributed by atoms with Crippen LogP contribution in [0.15, 0.2) is 12.4 Å². The van der Waals surface area contributed by atoms with Crippen molar-refractivity contribution in [3.8, 4) is 0 Å². The highest BCUT2D eigenvalue weighted by molar-refractivity contribution is 7.85. The van der Waals surface area contributed by atoms with Crippen LogP contribution in [0.4, 0.5) is 0 Å². The molecule has 0 aliphatic rings. The van der Waals surface area contributed by atoms with Gasteiger partial charge in [0.05, 0.1) is 12.3 Å². The van der Waals surface area contributed by atoms with Crippen molar-refractivity contribution in [1.82, 2.24) is 4.98 Å². The van der Waals surface area contributed by atoms with Crippen molar-refractivity contribution in [2.75, 3.05) is 25.6 Å². The first-order valence-corrected chi connectivity index (χ1v) is 14.4. The van der Waals surface area contributed by atoms with Gasteiger partial charge in [-0.25, -0.2) is 18.0 Å². The minimum atomic E-state index is -4.92. The lowest BCUT2D eigenvalue weighted by molar-refractivity contribution is -0.702. The topological polar surface area (TPSA) is 179 Å². The summed E-state index contributed by atoms with van der Waals surface area (Å²) in [4.78, 5) is 3.18. The standard InChI is InChI=1S/C15H30N2O6SSi.H2O4S/c1-4-21-25(22-5-2,23-6-3)14-7-9-15-16-10-12-17(15)11-8-13-24(18,19)20;1-5(2,3)4/h10,12H,4-9,11,13-14H2,1-3H3,(H,18,19,20);(H2,1,2,3,4). The van der Waals surface area contributed by atoms with Gasteiger partial charge in [0.15, 0.2) is 0 Å². The molecule has 0 unspecified atom stereocenters. The Labute approximate surface area is 179 Å². The van der Waals surface area contributed by atoms with Crippen LogP contribution >= 0.6 is 0 Å². The van der Waals surface area contributed by atoms with Crippen LogP contribution in [-0.2, 0) is 46.8 Å². The quantitative estimate of drug-likeness (QED) is 0.144. The normalized spacial score (nSPS) is 12.5. The van der Waals surface area contributed by atoms with E-state index >= 15 is 0 Å². The van der Waals surface area contributed by atoms with Gasteiger partial charge < -0.3 is 17.8 Å². The number of hydrogen-bond acceptors (Lipinski definition) is 8. The number of H-pyrrole nitrogens is 1. The molecule has 3 N–H and O–H groups in total. The highest BCUT2D eigenvalue weighted by atomic mass is 32.3. The van der Waals surface area contributed by atoms with Crippen LogP contribution in [0.2, 0.25) is 6.04 Å². The first kappa shape index (κ1) is 29.1. The van der Waals surface area contributed by atoms with Gasteiger partial charge in [-0.2, -0.15) is 8.42 Å². The summed E-state index contributed by atoms with van der Waals surface area (Å²) in [5, 5.41) is 0. The number of nitrogens with zero attached hydrogens (tertiary/aromatic N) is 1. The fourth-order valence-corrected chi connectivity index (χ4v) is 5.82. The molecule has 1 aromatic rings. The third kappa shape index (κ3) is 15.0. The van der Waals surface area contributed by atoms with Gasteiger partial charge in [0.1, 0.15) is 12.4 Å². The summed E-state index contributed by atoms with van der Waals surface area (Å²) in [6.07, 6.45) is 5.68. The van der Waals surface area contributed by atoms with Gasteiger partial charge in [0.25, 0.3) is 15.9 Å². The van der Waals surface area contributed by atoms with E-state index in [0.29, 0.717) is 32.8 Å². The van der Waals surface area contributed by atoms with E-state index in [1.165, 1.54) is 0 Å². The van der Waals surface area contributed by atoms with E-state index in [0.717, 1.165) is 24.7 Å². The SMILES string of the molecule is CCO[Si](CCCc1[nH]cc[n+]1CCCS(=O)(=O)O)(OCC)OCC.O=S(=O)([O-])O. The number of aryl methyl sites for hydroxylation is 2. The minimum Gasteiger partial charge on any atom is -0.726 e. The molecule has 178 valence electrons. The number of nitrogens with one attached hydrogen (secondary N) is 1. The van der Waals surface area contributed by atoms with Gasteiger partial charge in [-0.3, -0.25) is 9.11 Å². The minimum absolute atomic E-state index is 0.236. The smallest absolute Gasteiger partial charge is 0.500 e. The Balaban J connectivity index is 0.00000150. The average Bonchev–Trinajstić information content (AvgIpc) is 3.00. The lowest BCUT2D eigenvalue weighted by atomic mass is 10.3. The molecule has 0 atom stereocenters. The molecule has 0 bridgehead atoms. The van der Waals surface area contributed by atoms with Crippen molar-refractivity contribution in [1.29, 1.82) is 0 Å². The van der Waals surface area contributed by atoms with E-state index in [1.54, 1.807) is 0 Å². The van der Waals surface area contributed by atoms with Crippen LogP contribution in [0.25, 0.3) is 0 Å². The predicted molar refractivity (Wildman–Crippen MR) is 108 cm³/mol. The average molecular weight is 493 g/mol. The molecule has 0 fully saturated rings. The van der Waals surface area contributed by atoms with E-state index < -0.39 is 29.3 Å². The van der Waals surface area contributed by atoms with E-state index in [9.17, 15) is 8.42 Å². The van der Waals surface area contributed by atoms with Crippen LogP contribution in [0.1, 0.15) is 39.4 Å². The Bertz CT molecular complexity index is 773. The zero-order valence-corrected chi connectivity index (χ0v) is 20.1. The summed E-state index contributed by atoms with van der Waals surface area (Å²) in [6.45, 7) is 8.03. The molecule has 0 radical (unpaired) electrons. The van der Waals surface area contributed by atoms with Crippen LogP contribution in [-0.4, -0.2) is 69.9 Å². The van der Waals surface area contributed by atoms with Crippen LogP contribution in [0.5, 0.6) is 0 Å². The second kappa shape index (κ2) is 14.2. The van der Waals surface area contributed by atoms with Crippen molar-refractivity contribution in [3.63, 3.8) is 0 Å². The molecule has 0 amide bonds. The predicted octanol–water partition coefficient (Wildman–Crippen LogP) is 0.566. The van der Waals surface area contributed by atoms with E-state index in [2.05, 4.69) is 4.98 Å². The maximum Gasteiger partial charge on any atom is 0.500 e. The number of rotatable bonds is 14. The van der Waals surface area contributed by atoms with Crippen molar-refractivity contribution in [2.45, 2.75) is 52.6 Å². The first-order chi connectivity index (χ1) is 13.9. The fraction of sp³-hybridized carbons (Fsp3) is 0.800. The Morgan fingerprint density at radius 3 is 1.97 bits per heavy atom. The largest absolute Gasteiger partial charge is 0.726 e. The highest BCUT2D eigenvalue weighted by Gasteiger charge is 2.39. The summed E-state index contributed by atoms with van der Waals surface area (Å²) in [5.41, 5.74) is 0. The molecule has 0 saturated carbocycles. The molecule has 1 heterocycles. The molecule has 0 saturated heterocycles. The molecule has 0 aliphatic carbocycles.